The minimum atomic E-state index is -0.669. The van der Waals surface area contributed by atoms with Crippen LogP contribution in [-0.4, -0.2) is 46.5 Å². The number of carbonyl (C=O) groups excluding carboxylic acids is 3. The standard InChI is InChI=1S/C11H11N3O4/c1-4-18-11(17)6-5(2)12-13-8-7(6)9(15)14(3)10(8)16/h4H2,1-3H3. The molecule has 7 heteroatoms. The predicted molar refractivity (Wildman–Crippen MR) is 59.1 cm³/mol. The first kappa shape index (κ1) is 12.2. The number of imide groups is 1. The zero-order chi connectivity index (χ0) is 13.4. The third-order valence-electron chi connectivity index (χ3n) is 2.65. The first-order valence-electron chi connectivity index (χ1n) is 5.35. The van der Waals surface area contributed by atoms with E-state index in [2.05, 4.69) is 10.2 Å². The van der Waals surface area contributed by atoms with Crippen LogP contribution in [0.5, 0.6) is 0 Å². The van der Waals surface area contributed by atoms with E-state index in [9.17, 15) is 14.4 Å². The van der Waals surface area contributed by atoms with Crippen molar-refractivity contribution in [2.45, 2.75) is 13.8 Å². The highest BCUT2D eigenvalue weighted by atomic mass is 16.5. The van der Waals surface area contributed by atoms with Gasteiger partial charge in [0.15, 0.2) is 5.69 Å². The molecule has 0 aromatic carbocycles. The summed E-state index contributed by atoms with van der Waals surface area (Å²) in [5.41, 5.74) is 0.165. The van der Waals surface area contributed by atoms with Gasteiger partial charge in [-0.05, 0) is 13.8 Å². The van der Waals surface area contributed by atoms with Crippen molar-refractivity contribution >= 4 is 17.8 Å². The average Bonchev–Trinajstić information content (AvgIpc) is 2.55. The van der Waals surface area contributed by atoms with Crippen molar-refractivity contribution in [3.05, 3.63) is 22.5 Å². The molecule has 1 aliphatic rings. The van der Waals surface area contributed by atoms with Gasteiger partial charge in [0.1, 0.15) is 0 Å². The van der Waals surface area contributed by atoms with Crippen LogP contribution in [0.3, 0.4) is 0 Å². The Morgan fingerprint density at radius 3 is 2.56 bits per heavy atom. The van der Waals surface area contributed by atoms with Gasteiger partial charge >= 0.3 is 5.97 Å². The monoisotopic (exact) mass is 249 g/mol. The van der Waals surface area contributed by atoms with E-state index < -0.39 is 17.8 Å². The van der Waals surface area contributed by atoms with Crippen molar-refractivity contribution in [1.82, 2.24) is 15.1 Å². The number of amides is 2. The average molecular weight is 249 g/mol. The van der Waals surface area contributed by atoms with E-state index in [1.165, 1.54) is 14.0 Å². The number of fused-ring (bicyclic) bond motifs is 1. The lowest BCUT2D eigenvalue weighted by Gasteiger charge is -2.07. The lowest BCUT2D eigenvalue weighted by Crippen LogP contribution is -2.25. The van der Waals surface area contributed by atoms with Crippen LogP contribution in [0.2, 0.25) is 0 Å². The second kappa shape index (κ2) is 4.17. The molecule has 0 saturated carbocycles. The molecule has 94 valence electrons. The van der Waals surface area contributed by atoms with Gasteiger partial charge in [0, 0.05) is 7.05 Å². The molecule has 18 heavy (non-hydrogen) atoms. The molecular formula is C11H11N3O4. The number of aromatic nitrogens is 2. The van der Waals surface area contributed by atoms with E-state index in [0.717, 1.165) is 4.90 Å². The van der Waals surface area contributed by atoms with E-state index >= 15 is 0 Å². The fourth-order valence-electron chi connectivity index (χ4n) is 1.75. The quantitative estimate of drug-likeness (QED) is 0.549. The molecule has 7 nitrogen and oxygen atoms in total. The number of ether oxygens (including phenoxy) is 1. The summed E-state index contributed by atoms with van der Waals surface area (Å²) in [6, 6.07) is 0. The van der Waals surface area contributed by atoms with Crippen LogP contribution in [0.25, 0.3) is 0 Å². The van der Waals surface area contributed by atoms with Crippen molar-refractivity contribution in [1.29, 1.82) is 0 Å². The molecule has 1 aromatic rings. The molecule has 0 fully saturated rings. The minimum absolute atomic E-state index is 0.0181. The first-order chi connectivity index (χ1) is 8.49. The molecule has 0 saturated heterocycles. The molecule has 2 heterocycles. The Kier molecular flexibility index (Phi) is 2.82. The first-order valence-corrected chi connectivity index (χ1v) is 5.35. The Labute approximate surface area is 103 Å². The van der Waals surface area contributed by atoms with Crippen LogP contribution in [0, 0.1) is 6.92 Å². The van der Waals surface area contributed by atoms with E-state index in [4.69, 9.17) is 4.74 Å². The van der Waals surface area contributed by atoms with Crippen molar-refractivity contribution < 1.29 is 19.1 Å². The highest BCUT2D eigenvalue weighted by molar-refractivity contribution is 6.23. The Morgan fingerprint density at radius 1 is 1.28 bits per heavy atom. The number of nitrogens with zero attached hydrogens (tertiary/aromatic N) is 3. The Hall–Kier alpha value is -2.31. The Morgan fingerprint density at radius 2 is 1.94 bits per heavy atom. The van der Waals surface area contributed by atoms with Crippen molar-refractivity contribution in [2.24, 2.45) is 0 Å². The number of carbonyl (C=O) groups is 3. The second-order valence-electron chi connectivity index (χ2n) is 3.77. The van der Waals surface area contributed by atoms with Gasteiger partial charge in [0.25, 0.3) is 11.8 Å². The van der Waals surface area contributed by atoms with Gasteiger partial charge in [-0.1, -0.05) is 0 Å². The van der Waals surface area contributed by atoms with E-state index in [0.29, 0.717) is 0 Å². The van der Waals surface area contributed by atoms with Gasteiger partial charge in [-0.2, -0.15) is 5.10 Å². The van der Waals surface area contributed by atoms with Gasteiger partial charge in [0.2, 0.25) is 0 Å². The van der Waals surface area contributed by atoms with Gasteiger partial charge in [0.05, 0.1) is 23.4 Å². The molecule has 0 radical (unpaired) electrons. The van der Waals surface area contributed by atoms with Crippen molar-refractivity contribution in [3.8, 4) is 0 Å². The SMILES string of the molecule is CCOC(=O)c1c(C)nnc2c1C(=O)N(C)C2=O. The molecule has 0 bridgehead atoms. The molecule has 2 amide bonds. The summed E-state index contributed by atoms with van der Waals surface area (Å²) in [6.07, 6.45) is 0. The van der Waals surface area contributed by atoms with Gasteiger partial charge in [-0.3, -0.25) is 14.5 Å². The fourth-order valence-corrected chi connectivity index (χ4v) is 1.75. The van der Waals surface area contributed by atoms with Crippen LogP contribution in [0.4, 0.5) is 0 Å². The zero-order valence-electron chi connectivity index (χ0n) is 10.2. The number of rotatable bonds is 2. The summed E-state index contributed by atoms with van der Waals surface area (Å²) < 4.78 is 4.86. The van der Waals surface area contributed by atoms with Gasteiger partial charge in [-0.15, -0.1) is 5.10 Å². The smallest absolute Gasteiger partial charge is 0.340 e. The Bertz CT molecular complexity index is 568. The molecule has 1 aliphatic heterocycles. The van der Waals surface area contributed by atoms with Crippen LogP contribution in [0.1, 0.15) is 43.8 Å². The van der Waals surface area contributed by atoms with Crippen LogP contribution in [-0.2, 0) is 4.74 Å². The Balaban J connectivity index is 2.66. The van der Waals surface area contributed by atoms with E-state index in [-0.39, 0.29) is 29.1 Å². The number of aryl methyl sites for hydroxylation is 1. The fraction of sp³-hybridized carbons (Fsp3) is 0.364. The summed E-state index contributed by atoms with van der Waals surface area (Å²) in [6.45, 7) is 3.37. The summed E-state index contributed by atoms with van der Waals surface area (Å²) >= 11 is 0. The highest BCUT2D eigenvalue weighted by Crippen LogP contribution is 2.24. The zero-order valence-corrected chi connectivity index (χ0v) is 10.2. The van der Waals surface area contributed by atoms with Crippen LogP contribution >= 0.6 is 0 Å². The molecule has 1 aromatic heterocycles. The van der Waals surface area contributed by atoms with E-state index in [1.807, 2.05) is 0 Å². The summed E-state index contributed by atoms with van der Waals surface area (Å²) in [7, 11) is 1.33. The third-order valence-corrected chi connectivity index (χ3v) is 2.65. The lowest BCUT2D eigenvalue weighted by atomic mass is 10.1. The minimum Gasteiger partial charge on any atom is -0.462 e. The molecular weight excluding hydrogens is 238 g/mol. The van der Waals surface area contributed by atoms with E-state index in [1.54, 1.807) is 6.92 Å². The molecule has 0 atom stereocenters. The van der Waals surface area contributed by atoms with Crippen LogP contribution in [0.15, 0.2) is 0 Å². The molecule has 0 N–H and O–H groups in total. The lowest BCUT2D eigenvalue weighted by molar-refractivity contribution is 0.0518. The maximum Gasteiger partial charge on any atom is 0.340 e. The summed E-state index contributed by atoms with van der Waals surface area (Å²) in [5.74, 6) is -1.79. The predicted octanol–water partition coefficient (Wildman–Crippen LogP) is 0.188. The van der Waals surface area contributed by atoms with Crippen molar-refractivity contribution in [2.75, 3.05) is 13.7 Å². The molecule has 2 rings (SSSR count). The van der Waals surface area contributed by atoms with Gasteiger partial charge in [-0.25, -0.2) is 4.79 Å². The largest absolute Gasteiger partial charge is 0.462 e. The number of hydrogen-bond donors (Lipinski definition) is 0. The maximum atomic E-state index is 11.9. The number of hydrogen-bond acceptors (Lipinski definition) is 6. The topological polar surface area (TPSA) is 89.5 Å². The summed E-state index contributed by atoms with van der Waals surface area (Å²) in [5, 5.41) is 7.40. The molecule has 0 aliphatic carbocycles. The highest BCUT2D eigenvalue weighted by Gasteiger charge is 2.39. The molecule has 0 unspecified atom stereocenters. The van der Waals surface area contributed by atoms with Gasteiger partial charge < -0.3 is 4.74 Å². The maximum absolute atomic E-state index is 11.9. The normalized spacial score (nSPS) is 13.8. The second-order valence-corrected chi connectivity index (χ2v) is 3.77. The number of esters is 1. The van der Waals surface area contributed by atoms with Crippen molar-refractivity contribution in [3.63, 3.8) is 0 Å². The molecule has 0 spiro atoms. The summed E-state index contributed by atoms with van der Waals surface area (Å²) in [4.78, 5) is 36.3. The van der Waals surface area contributed by atoms with Crippen LogP contribution < -0.4 is 0 Å². The third kappa shape index (κ3) is 1.55.